The molecule has 280 valence electrons. The van der Waals surface area contributed by atoms with E-state index >= 15 is 0 Å². The highest BCUT2D eigenvalue weighted by Gasteiger charge is 2.16. The number of hydrogen-bond donors (Lipinski definition) is 0. The molecule has 0 saturated carbocycles. The Morgan fingerprint density at radius 2 is 0.542 bits per heavy atom. The van der Waals surface area contributed by atoms with Crippen molar-refractivity contribution in [3.63, 3.8) is 0 Å². The van der Waals surface area contributed by atoms with E-state index in [1.165, 1.54) is 27.0 Å². The van der Waals surface area contributed by atoms with Crippen LogP contribution in [0.3, 0.4) is 0 Å². The molecule has 1 aromatic heterocycles. The molecular formula is C55H39N3S. The first kappa shape index (κ1) is 35.9. The summed E-state index contributed by atoms with van der Waals surface area (Å²) in [5.74, 6) is 0. The Morgan fingerprint density at radius 3 is 0.915 bits per heavy atom. The fourth-order valence-corrected chi connectivity index (χ4v) is 8.66. The summed E-state index contributed by atoms with van der Waals surface area (Å²) in [6.07, 6.45) is 0. The van der Waals surface area contributed by atoms with E-state index in [4.69, 9.17) is 4.98 Å². The summed E-state index contributed by atoms with van der Waals surface area (Å²) in [6, 6.07) is 84.2. The van der Waals surface area contributed by atoms with Gasteiger partial charge in [-0.1, -0.05) is 140 Å². The molecule has 0 radical (unpaired) electrons. The summed E-state index contributed by atoms with van der Waals surface area (Å²) in [7, 11) is 0. The molecule has 10 aromatic rings. The van der Waals surface area contributed by atoms with Crippen molar-refractivity contribution in [1.82, 2.24) is 4.98 Å². The van der Waals surface area contributed by atoms with E-state index in [1.807, 2.05) is 6.07 Å². The molecular weight excluding hydrogens is 735 g/mol. The number of benzene rings is 9. The lowest BCUT2D eigenvalue weighted by atomic mass is 10.0. The van der Waals surface area contributed by atoms with Crippen LogP contribution in [0, 0.1) is 0 Å². The summed E-state index contributed by atoms with van der Waals surface area (Å²) < 4.78 is 1.20. The van der Waals surface area contributed by atoms with Gasteiger partial charge in [0, 0.05) is 39.7 Å². The van der Waals surface area contributed by atoms with Crippen LogP contribution in [0.2, 0.25) is 0 Å². The summed E-state index contributed by atoms with van der Waals surface area (Å²) in [5, 5.41) is 1.03. The van der Waals surface area contributed by atoms with E-state index in [2.05, 4.69) is 240 Å². The third-order valence-electron chi connectivity index (χ3n) is 10.7. The number of aromatic nitrogens is 1. The Bertz CT molecular complexity index is 2810. The van der Waals surface area contributed by atoms with Crippen molar-refractivity contribution < 1.29 is 0 Å². The second-order valence-electron chi connectivity index (χ2n) is 14.5. The molecule has 0 aliphatic carbocycles. The molecule has 0 fully saturated rings. The van der Waals surface area contributed by atoms with Crippen LogP contribution in [0.15, 0.2) is 237 Å². The van der Waals surface area contributed by atoms with Crippen molar-refractivity contribution in [2.24, 2.45) is 0 Å². The SMILES string of the molecule is c1ccc(-c2ccc(N(c3ccc(-c4ccccc4)cc3)c3ccc(-c4ccc(N(c5ccccc5)c5ccc(-c6nc7ccccc7s6)cc5)cc4)cc3)cc2)cc1. The van der Waals surface area contributed by atoms with Crippen molar-refractivity contribution in [2.45, 2.75) is 0 Å². The minimum atomic E-state index is 1.03. The first-order valence-electron chi connectivity index (χ1n) is 19.9. The molecule has 3 nitrogen and oxygen atoms in total. The number of rotatable bonds is 10. The molecule has 0 N–H and O–H groups in total. The van der Waals surface area contributed by atoms with Crippen LogP contribution in [0.1, 0.15) is 0 Å². The number of para-hydroxylation sites is 2. The Labute approximate surface area is 349 Å². The van der Waals surface area contributed by atoms with Crippen LogP contribution < -0.4 is 9.80 Å². The highest BCUT2D eigenvalue weighted by Crippen LogP contribution is 2.40. The third-order valence-corrected chi connectivity index (χ3v) is 11.8. The fourth-order valence-electron chi connectivity index (χ4n) is 7.69. The van der Waals surface area contributed by atoms with Gasteiger partial charge in [-0.25, -0.2) is 4.98 Å². The van der Waals surface area contributed by atoms with Crippen LogP contribution in [0.25, 0.3) is 54.2 Å². The predicted molar refractivity (Wildman–Crippen MR) is 251 cm³/mol. The maximum atomic E-state index is 4.89. The zero-order valence-corrected chi connectivity index (χ0v) is 33.1. The van der Waals surface area contributed by atoms with Crippen molar-refractivity contribution in [3.8, 4) is 44.0 Å². The largest absolute Gasteiger partial charge is 0.311 e. The maximum Gasteiger partial charge on any atom is 0.124 e. The summed E-state index contributed by atoms with van der Waals surface area (Å²) in [4.78, 5) is 9.52. The molecule has 0 saturated heterocycles. The lowest BCUT2D eigenvalue weighted by Crippen LogP contribution is -2.10. The van der Waals surface area contributed by atoms with E-state index in [9.17, 15) is 0 Å². The predicted octanol–water partition coefficient (Wildman–Crippen LogP) is 15.9. The zero-order chi connectivity index (χ0) is 39.4. The quantitative estimate of drug-likeness (QED) is 0.138. The highest BCUT2D eigenvalue weighted by molar-refractivity contribution is 7.21. The van der Waals surface area contributed by atoms with Crippen LogP contribution in [-0.4, -0.2) is 4.98 Å². The van der Waals surface area contributed by atoms with E-state index in [-0.39, 0.29) is 0 Å². The molecule has 0 bridgehead atoms. The van der Waals surface area contributed by atoms with Gasteiger partial charge >= 0.3 is 0 Å². The van der Waals surface area contributed by atoms with Gasteiger partial charge in [-0.2, -0.15) is 0 Å². The van der Waals surface area contributed by atoms with Crippen molar-refractivity contribution in [1.29, 1.82) is 0 Å². The highest BCUT2D eigenvalue weighted by atomic mass is 32.1. The number of nitrogens with zero attached hydrogens (tertiary/aromatic N) is 3. The van der Waals surface area contributed by atoms with Gasteiger partial charge in [0.1, 0.15) is 5.01 Å². The molecule has 0 unspecified atom stereocenters. The summed E-state index contributed by atoms with van der Waals surface area (Å²) >= 11 is 1.73. The number of thiazole rings is 1. The molecule has 0 aliphatic heterocycles. The second kappa shape index (κ2) is 16.1. The fraction of sp³-hybridized carbons (Fsp3) is 0. The van der Waals surface area contributed by atoms with Gasteiger partial charge in [0.05, 0.1) is 10.2 Å². The monoisotopic (exact) mass is 773 g/mol. The van der Waals surface area contributed by atoms with Crippen LogP contribution >= 0.6 is 11.3 Å². The molecule has 0 amide bonds. The van der Waals surface area contributed by atoms with E-state index in [0.717, 1.165) is 61.3 Å². The molecule has 0 aliphatic rings. The van der Waals surface area contributed by atoms with Crippen LogP contribution in [0.5, 0.6) is 0 Å². The Kier molecular flexibility index (Phi) is 9.81. The molecule has 1 heterocycles. The normalized spacial score (nSPS) is 11.1. The smallest absolute Gasteiger partial charge is 0.124 e. The molecule has 0 atom stereocenters. The van der Waals surface area contributed by atoms with Crippen molar-refractivity contribution in [3.05, 3.63) is 237 Å². The lowest BCUT2D eigenvalue weighted by molar-refractivity contribution is 1.28. The first-order valence-corrected chi connectivity index (χ1v) is 20.7. The average molecular weight is 774 g/mol. The Balaban J connectivity index is 0.943. The molecule has 59 heavy (non-hydrogen) atoms. The molecule has 10 rings (SSSR count). The van der Waals surface area contributed by atoms with Gasteiger partial charge in [0.15, 0.2) is 0 Å². The standard InChI is InChI=1S/C55H39N3S/c1-4-12-40(13-5-1)42-20-30-49(31-21-42)58(50-32-22-43(23-33-50)41-14-6-2-7-15-41)51-36-26-45(27-37-51)44-24-34-48(35-25-44)57(47-16-8-3-9-17-47)52-38-28-46(29-39-52)55-56-53-18-10-11-19-54(53)59-55/h1-39H. The van der Waals surface area contributed by atoms with Gasteiger partial charge in [0.2, 0.25) is 0 Å². The molecule has 0 spiro atoms. The third kappa shape index (κ3) is 7.53. The number of hydrogen-bond acceptors (Lipinski definition) is 4. The minimum absolute atomic E-state index is 1.03. The lowest BCUT2D eigenvalue weighted by Gasteiger charge is -2.26. The van der Waals surface area contributed by atoms with E-state index < -0.39 is 0 Å². The second-order valence-corrected chi connectivity index (χ2v) is 15.5. The van der Waals surface area contributed by atoms with Gasteiger partial charge in [-0.15, -0.1) is 11.3 Å². The first-order chi connectivity index (χ1) is 29.2. The topological polar surface area (TPSA) is 19.4 Å². The number of fused-ring (bicyclic) bond motifs is 1. The summed E-state index contributed by atoms with van der Waals surface area (Å²) in [5.41, 5.74) is 15.9. The van der Waals surface area contributed by atoms with Crippen LogP contribution in [0.4, 0.5) is 34.1 Å². The van der Waals surface area contributed by atoms with Crippen molar-refractivity contribution in [2.75, 3.05) is 9.80 Å². The molecule has 4 heteroatoms. The van der Waals surface area contributed by atoms with Gasteiger partial charge in [-0.05, 0) is 130 Å². The van der Waals surface area contributed by atoms with E-state index in [0.29, 0.717) is 0 Å². The average Bonchev–Trinajstić information content (AvgIpc) is 3.76. The van der Waals surface area contributed by atoms with Crippen molar-refractivity contribution >= 4 is 55.7 Å². The number of anilines is 6. The van der Waals surface area contributed by atoms with Crippen LogP contribution in [-0.2, 0) is 0 Å². The Morgan fingerprint density at radius 1 is 0.254 bits per heavy atom. The van der Waals surface area contributed by atoms with Gasteiger partial charge < -0.3 is 9.80 Å². The van der Waals surface area contributed by atoms with Gasteiger partial charge in [-0.3, -0.25) is 0 Å². The minimum Gasteiger partial charge on any atom is -0.311 e. The zero-order valence-electron chi connectivity index (χ0n) is 32.3. The maximum absolute atomic E-state index is 4.89. The van der Waals surface area contributed by atoms with Gasteiger partial charge in [0.25, 0.3) is 0 Å². The summed E-state index contributed by atoms with van der Waals surface area (Å²) in [6.45, 7) is 0. The molecule has 9 aromatic carbocycles. The van der Waals surface area contributed by atoms with E-state index in [1.54, 1.807) is 11.3 Å². The Hall–Kier alpha value is -7.53.